The summed E-state index contributed by atoms with van der Waals surface area (Å²) >= 11 is 0. The van der Waals surface area contributed by atoms with Gasteiger partial charge in [-0.05, 0) is 25.2 Å². The Morgan fingerprint density at radius 1 is 1.05 bits per heavy atom. The largest absolute Gasteiger partial charge is 0.379 e. The molecule has 2 rings (SSSR count). The molecule has 0 aromatic heterocycles. The summed E-state index contributed by atoms with van der Waals surface area (Å²) in [5.41, 5.74) is 0. The van der Waals surface area contributed by atoms with Gasteiger partial charge in [-0.15, -0.1) is 0 Å². The highest BCUT2D eigenvalue weighted by Crippen LogP contribution is 2.18. The summed E-state index contributed by atoms with van der Waals surface area (Å²) in [6, 6.07) is 1.47. The summed E-state index contributed by atoms with van der Waals surface area (Å²) in [7, 11) is 0. The van der Waals surface area contributed by atoms with Gasteiger partial charge in [0.1, 0.15) is 0 Å². The zero-order chi connectivity index (χ0) is 14.2. The normalized spacial score (nSPS) is 24.8. The van der Waals surface area contributed by atoms with Gasteiger partial charge in [0, 0.05) is 31.7 Å². The molecule has 1 unspecified atom stereocenters. The Hall–Kier alpha value is -0.120. The van der Waals surface area contributed by atoms with Crippen LogP contribution in [0.3, 0.4) is 0 Å². The van der Waals surface area contributed by atoms with Gasteiger partial charge in [0.15, 0.2) is 0 Å². The standard InChI is InChI=1S/C17H34N2O/c1-15(2)13-17(19-9-11-20-12-10-19)14-18-16-7-5-3-4-6-8-16/h15-18H,3-14H2,1-2H3. The lowest BCUT2D eigenvalue weighted by Gasteiger charge is -2.36. The van der Waals surface area contributed by atoms with Crippen molar-refractivity contribution in [3.63, 3.8) is 0 Å². The Kier molecular flexibility index (Phi) is 7.32. The molecule has 1 aliphatic carbocycles. The van der Waals surface area contributed by atoms with Crippen molar-refractivity contribution in [1.29, 1.82) is 0 Å². The van der Waals surface area contributed by atoms with Crippen LogP contribution >= 0.6 is 0 Å². The number of hydrogen-bond acceptors (Lipinski definition) is 3. The Morgan fingerprint density at radius 3 is 2.30 bits per heavy atom. The van der Waals surface area contributed by atoms with Crippen LogP contribution in [-0.4, -0.2) is 49.8 Å². The maximum absolute atomic E-state index is 5.50. The number of hydrogen-bond donors (Lipinski definition) is 1. The van der Waals surface area contributed by atoms with Crippen LogP contribution in [0.5, 0.6) is 0 Å². The van der Waals surface area contributed by atoms with Gasteiger partial charge in [0.25, 0.3) is 0 Å². The molecule has 0 radical (unpaired) electrons. The first-order valence-electron chi connectivity index (χ1n) is 8.81. The Balaban J connectivity index is 1.79. The minimum Gasteiger partial charge on any atom is -0.379 e. The van der Waals surface area contributed by atoms with Gasteiger partial charge in [-0.25, -0.2) is 0 Å². The molecule has 0 aromatic carbocycles. The van der Waals surface area contributed by atoms with Crippen LogP contribution < -0.4 is 5.32 Å². The lowest BCUT2D eigenvalue weighted by Crippen LogP contribution is -2.49. The Morgan fingerprint density at radius 2 is 1.70 bits per heavy atom. The summed E-state index contributed by atoms with van der Waals surface area (Å²) < 4.78 is 5.50. The molecular weight excluding hydrogens is 248 g/mol. The highest BCUT2D eigenvalue weighted by molar-refractivity contribution is 4.80. The van der Waals surface area contributed by atoms with Gasteiger partial charge < -0.3 is 10.1 Å². The van der Waals surface area contributed by atoms with E-state index in [0.29, 0.717) is 6.04 Å². The van der Waals surface area contributed by atoms with Crippen LogP contribution in [0.4, 0.5) is 0 Å². The van der Waals surface area contributed by atoms with Gasteiger partial charge in [0.05, 0.1) is 13.2 Å². The van der Waals surface area contributed by atoms with Gasteiger partial charge in [-0.1, -0.05) is 39.5 Å². The van der Waals surface area contributed by atoms with Crippen molar-refractivity contribution in [2.75, 3.05) is 32.8 Å². The van der Waals surface area contributed by atoms with E-state index in [1.54, 1.807) is 0 Å². The average Bonchev–Trinajstić information content (AvgIpc) is 2.72. The van der Waals surface area contributed by atoms with Crippen molar-refractivity contribution in [3.05, 3.63) is 0 Å². The minimum absolute atomic E-state index is 0.696. The monoisotopic (exact) mass is 282 g/mol. The van der Waals surface area contributed by atoms with Gasteiger partial charge in [-0.2, -0.15) is 0 Å². The topological polar surface area (TPSA) is 24.5 Å². The molecule has 2 fully saturated rings. The van der Waals surface area contributed by atoms with Crippen molar-refractivity contribution >= 4 is 0 Å². The van der Waals surface area contributed by atoms with Gasteiger partial charge in [-0.3, -0.25) is 4.90 Å². The van der Waals surface area contributed by atoms with Crippen molar-refractivity contribution in [2.24, 2.45) is 5.92 Å². The highest BCUT2D eigenvalue weighted by atomic mass is 16.5. The first-order valence-corrected chi connectivity index (χ1v) is 8.81. The van der Waals surface area contributed by atoms with E-state index in [2.05, 4.69) is 24.1 Å². The predicted molar refractivity (Wildman–Crippen MR) is 85.1 cm³/mol. The average molecular weight is 282 g/mol. The first kappa shape index (κ1) is 16.3. The van der Waals surface area contributed by atoms with Crippen LogP contribution in [0.2, 0.25) is 0 Å². The number of ether oxygens (including phenoxy) is 1. The third kappa shape index (κ3) is 5.71. The van der Waals surface area contributed by atoms with Crippen LogP contribution in [0.25, 0.3) is 0 Å². The van der Waals surface area contributed by atoms with Gasteiger partial charge >= 0.3 is 0 Å². The van der Waals surface area contributed by atoms with E-state index in [9.17, 15) is 0 Å². The maximum Gasteiger partial charge on any atom is 0.0594 e. The number of nitrogens with one attached hydrogen (secondary N) is 1. The summed E-state index contributed by atoms with van der Waals surface area (Å²) in [5, 5.41) is 3.88. The van der Waals surface area contributed by atoms with Crippen LogP contribution in [0.1, 0.15) is 58.8 Å². The lowest BCUT2D eigenvalue weighted by atomic mass is 10.0. The zero-order valence-electron chi connectivity index (χ0n) is 13.6. The third-order valence-electron chi connectivity index (χ3n) is 4.80. The summed E-state index contributed by atoms with van der Waals surface area (Å²) in [5.74, 6) is 0.777. The van der Waals surface area contributed by atoms with E-state index in [1.807, 2.05) is 0 Å². The quantitative estimate of drug-likeness (QED) is 0.758. The lowest BCUT2D eigenvalue weighted by molar-refractivity contribution is 0.0117. The molecule has 1 heterocycles. The maximum atomic E-state index is 5.50. The highest BCUT2D eigenvalue weighted by Gasteiger charge is 2.23. The molecule has 1 saturated carbocycles. The second kappa shape index (κ2) is 9.01. The molecule has 1 N–H and O–H groups in total. The first-order chi connectivity index (χ1) is 9.75. The number of morpholine rings is 1. The van der Waals surface area contributed by atoms with Crippen molar-refractivity contribution in [3.8, 4) is 0 Å². The SMILES string of the molecule is CC(C)CC(CNC1CCCCCC1)N1CCOCC1. The second-order valence-electron chi connectivity index (χ2n) is 7.03. The van der Waals surface area contributed by atoms with E-state index in [-0.39, 0.29) is 0 Å². The molecule has 1 saturated heterocycles. The zero-order valence-corrected chi connectivity index (χ0v) is 13.6. The molecule has 0 amide bonds. The summed E-state index contributed by atoms with van der Waals surface area (Å²) in [6.45, 7) is 9.92. The molecule has 1 aliphatic heterocycles. The number of nitrogens with zero attached hydrogens (tertiary/aromatic N) is 1. The molecule has 20 heavy (non-hydrogen) atoms. The Labute approximate surface area is 125 Å². The smallest absolute Gasteiger partial charge is 0.0594 e. The van der Waals surface area contributed by atoms with Crippen LogP contribution in [0, 0.1) is 5.92 Å². The van der Waals surface area contributed by atoms with E-state index in [4.69, 9.17) is 4.74 Å². The van der Waals surface area contributed by atoms with Crippen molar-refractivity contribution < 1.29 is 4.74 Å². The molecule has 3 heteroatoms. The van der Waals surface area contributed by atoms with Crippen LogP contribution in [-0.2, 0) is 4.74 Å². The fourth-order valence-corrected chi connectivity index (χ4v) is 3.63. The minimum atomic E-state index is 0.696. The summed E-state index contributed by atoms with van der Waals surface area (Å²) in [4.78, 5) is 2.65. The molecule has 0 spiro atoms. The molecule has 3 nitrogen and oxygen atoms in total. The molecule has 0 aromatic rings. The summed E-state index contributed by atoms with van der Waals surface area (Å²) in [6.07, 6.45) is 9.80. The molecular formula is C17H34N2O. The third-order valence-corrected chi connectivity index (χ3v) is 4.80. The van der Waals surface area contributed by atoms with Crippen LogP contribution in [0.15, 0.2) is 0 Å². The molecule has 1 atom stereocenters. The van der Waals surface area contributed by atoms with E-state index >= 15 is 0 Å². The van der Waals surface area contributed by atoms with Crippen molar-refractivity contribution in [1.82, 2.24) is 10.2 Å². The molecule has 2 aliphatic rings. The van der Waals surface area contributed by atoms with Crippen molar-refractivity contribution in [2.45, 2.75) is 70.9 Å². The van der Waals surface area contributed by atoms with E-state index in [0.717, 1.165) is 38.3 Å². The Bertz CT molecular complexity index is 243. The molecule has 118 valence electrons. The van der Waals surface area contributed by atoms with Gasteiger partial charge in [0.2, 0.25) is 0 Å². The predicted octanol–water partition coefficient (Wildman–Crippen LogP) is 3.05. The van der Waals surface area contributed by atoms with E-state index < -0.39 is 0 Å². The second-order valence-corrected chi connectivity index (χ2v) is 7.03. The van der Waals surface area contributed by atoms with E-state index in [1.165, 1.54) is 51.5 Å². The number of rotatable bonds is 6. The fraction of sp³-hybridized carbons (Fsp3) is 1.00. The molecule has 0 bridgehead atoms. The fourth-order valence-electron chi connectivity index (χ4n) is 3.63.